The molecule has 1 aliphatic carbocycles. The number of hydrogen-bond acceptors (Lipinski definition) is 4. The fourth-order valence-corrected chi connectivity index (χ4v) is 3.05. The maximum atomic E-state index is 12.2. The Labute approximate surface area is 147 Å². The molecule has 0 fully saturated rings. The molecule has 0 radical (unpaired) electrons. The van der Waals surface area contributed by atoms with E-state index in [2.05, 4.69) is 11.4 Å². The number of aryl methyl sites for hydroxylation is 2. The van der Waals surface area contributed by atoms with E-state index in [0.717, 1.165) is 18.6 Å². The third-order valence-electron chi connectivity index (χ3n) is 4.37. The van der Waals surface area contributed by atoms with E-state index in [1.807, 2.05) is 12.1 Å². The van der Waals surface area contributed by atoms with Gasteiger partial charge in [0, 0.05) is 6.07 Å². The van der Waals surface area contributed by atoms with Crippen LogP contribution in [0.5, 0.6) is 17.2 Å². The van der Waals surface area contributed by atoms with Crippen LogP contribution in [0.4, 0.5) is 5.69 Å². The highest BCUT2D eigenvalue weighted by Gasteiger charge is 2.12. The van der Waals surface area contributed by atoms with Crippen molar-refractivity contribution in [1.29, 1.82) is 0 Å². The molecule has 0 atom stereocenters. The second-order valence-corrected chi connectivity index (χ2v) is 6.04. The molecule has 2 aromatic rings. The summed E-state index contributed by atoms with van der Waals surface area (Å²) in [6.45, 7) is -0.0564. The van der Waals surface area contributed by atoms with Gasteiger partial charge in [-0.3, -0.25) is 4.79 Å². The quantitative estimate of drug-likeness (QED) is 0.872. The van der Waals surface area contributed by atoms with E-state index in [1.54, 1.807) is 32.4 Å². The van der Waals surface area contributed by atoms with Crippen LogP contribution >= 0.6 is 0 Å². The Morgan fingerprint density at radius 3 is 2.48 bits per heavy atom. The number of carbonyl (C=O) groups excluding carboxylic acids is 1. The SMILES string of the molecule is COc1ccc(OC)c(NC(=O)COc2ccc3c(c2)CCCC3)c1. The minimum absolute atomic E-state index is 0.0564. The fraction of sp³-hybridized carbons (Fsp3) is 0.350. The molecule has 3 rings (SSSR count). The second kappa shape index (κ2) is 7.92. The number of anilines is 1. The zero-order valence-electron chi connectivity index (χ0n) is 14.6. The molecule has 0 heterocycles. The molecule has 25 heavy (non-hydrogen) atoms. The number of fused-ring (bicyclic) bond motifs is 1. The number of benzene rings is 2. The van der Waals surface area contributed by atoms with Crippen molar-refractivity contribution in [2.45, 2.75) is 25.7 Å². The lowest BCUT2D eigenvalue weighted by Crippen LogP contribution is -2.20. The first-order valence-corrected chi connectivity index (χ1v) is 8.46. The molecule has 0 saturated carbocycles. The summed E-state index contributed by atoms with van der Waals surface area (Å²) in [7, 11) is 3.13. The van der Waals surface area contributed by atoms with Gasteiger partial charge >= 0.3 is 0 Å². The summed E-state index contributed by atoms with van der Waals surface area (Å²) >= 11 is 0. The van der Waals surface area contributed by atoms with Crippen LogP contribution in [0, 0.1) is 0 Å². The summed E-state index contributed by atoms with van der Waals surface area (Å²) < 4.78 is 16.1. The van der Waals surface area contributed by atoms with Gasteiger partial charge < -0.3 is 19.5 Å². The third kappa shape index (κ3) is 4.24. The fourth-order valence-electron chi connectivity index (χ4n) is 3.05. The van der Waals surface area contributed by atoms with Crippen LogP contribution in [-0.4, -0.2) is 26.7 Å². The highest BCUT2D eigenvalue weighted by atomic mass is 16.5. The van der Waals surface area contributed by atoms with Crippen molar-refractivity contribution < 1.29 is 19.0 Å². The van der Waals surface area contributed by atoms with E-state index in [-0.39, 0.29) is 12.5 Å². The van der Waals surface area contributed by atoms with Crippen LogP contribution in [0.25, 0.3) is 0 Å². The van der Waals surface area contributed by atoms with Crippen molar-refractivity contribution in [1.82, 2.24) is 0 Å². The number of ether oxygens (including phenoxy) is 3. The molecule has 5 nitrogen and oxygen atoms in total. The Morgan fingerprint density at radius 1 is 0.960 bits per heavy atom. The number of rotatable bonds is 6. The van der Waals surface area contributed by atoms with Gasteiger partial charge in [-0.15, -0.1) is 0 Å². The third-order valence-corrected chi connectivity index (χ3v) is 4.37. The number of methoxy groups -OCH3 is 2. The standard InChI is InChI=1S/C20H23NO4/c1-23-16-9-10-19(24-2)18(12-16)21-20(22)13-25-17-8-7-14-5-3-4-6-15(14)11-17/h7-12H,3-6,13H2,1-2H3,(H,21,22). The first-order chi connectivity index (χ1) is 12.2. The van der Waals surface area contributed by atoms with Gasteiger partial charge in [0.2, 0.25) is 0 Å². The lowest BCUT2D eigenvalue weighted by atomic mass is 9.92. The van der Waals surface area contributed by atoms with Crippen molar-refractivity contribution in [2.24, 2.45) is 0 Å². The van der Waals surface area contributed by atoms with E-state index in [1.165, 1.54) is 24.0 Å². The van der Waals surface area contributed by atoms with Crippen LogP contribution in [0.15, 0.2) is 36.4 Å². The number of hydrogen-bond donors (Lipinski definition) is 1. The molecular formula is C20H23NO4. The maximum Gasteiger partial charge on any atom is 0.262 e. The Morgan fingerprint density at radius 2 is 1.72 bits per heavy atom. The first-order valence-electron chi connectivity index (χ1n) is 8.46. The van der Waals surface area contributed by atoms with Gasteiger partial charge in [0.25, 0.3) is 5.91 Å². The molecule has 0 saturated heterocycles. The molecule has 1 aliphatic rings. The van der Waals surface area contributed by atoms with Crippen LogP contribution < -0.4 is 19.5 Å². The monoisotopic (exact) mass is 341 g/mol. The molecule has 1 N–H and O–H groups in total. The highest BCUT2D eigenvalue weighted by Crippen LogP contribution is 2.29. The lowest BCUT2D eigenvalue weighted by molar-refractivity contribution is -0.118. The van der Waals surface area contributed by atoms with Gasteiger partial charge in [-0.1, -0.05) is 6.07 Å². The Balaban J connectivity index is 1.61. The summed E-state index contributed by atoms with van der Waals surface area (Å²) in [6.07, 6.45) is 4.68. The molecule has 0 aliphatic heterocycles. The zero-order chi connectivity index (χ0) is 17.6. The van der Waals surface area contributed by atoms with Crippen molar-refractivity contribution in [2.75, 3.05) is 26.1 Å². The number of amides is 1. The van der Waals surface area contributed by atoms with E-state index in [9.17, 15) is 4.79 Å². The summed E-state index contributed by atoms with van der Waals surface area (Å²) in [4.78, 5) is 12.2. The van der Waals surface area contributed by atoms with E-state index >= 15 is 0 Å². The van der Waals surface area contributed by atoms with Gasteiger partial charge in [-0.05, 0) is 61.1 Å². The summed E-state index contributed by atoms with van der Waals surface area (Å²) in [6, 6.07) is 11.3. The van der Waals surface area contributed by atoms with E-state index < -0.39 is 0 Å². The Kier molecular flexibility index (Phi) is 5.43. The smallest absolute Gasteiger partial charge is 0.262 e. The molecular weight excluding hydrogens is 318 g/mol. The van der Waals surface area contributed by atoms with Crippen LogP contribution in [-0.2, 0) is 17.6 Å². The van der Waals surface area contributed by atoms with E-state index in [0.29, 0.717) is 17.2 Å². The minimum Gasteiger partial charge on any atom is -0.497 e. The predicted molar refractivity (Wildman–Crippen MR) is 96.8 cm³/mol. The molecule has 0 aromatic heterocycles. The average Bonchev–Trinajstić information content (AvgIpc) is 2.66. The van der Waals surface area contributed by atoms with E-state index in [4.69, 9.17) is 14.2 Å². The maximum absolute atomic E-state index is 12.2. The van der Waals surface area contributed by atoms with Gasteiger partial charge in [-0.2, -0.15) is 0 Å². The van der Waals surface area contributed by atoms with Crippen molar-refractivity contribution in [3.8, 4) is 17.2 Å². The number of carbonyl (C=O) groups is 1. The molecule has 1 amide bonds. The van der Waals surface area contributed by atoms with Crippen LogP contribution in [0.2, 0.25) is 0 Å². The summed E-state index contributed by atoms with van der Waals surface area (Å²) in [5.74, 6) is 1.70. The normalized spacial score (nSPS) is 12.9. The van der Waals surface area contributed by atoms with Gasteiger partial charge in [-0.25, -0.2) is 0 Å². The van der Waals surface area contributed by atoms with Gasteiger partial charge in [0.1, 0.15) is 17.2 Å². The van der Waals surface area contributed by atoms with Gasteiger partial charge in [0.05, 0.1) is 19.9 Å². The average molecular weight is 341 g/mol. The molecule has 132 valence electrons. The van der Waals surface area contributed by atoms with Crippen LogP contribution in [0.1, 0.15) is 24.0 Å². The zero-order valence-corrected chi connectivity index (χ0v) is 14.6. The highest BCUT2D eigenvalue weighted by molar-refractivity contribution is 5.93. The van der Waals surface area contributed by atoms with Crippen molar-refractivity contribution in [3.05, 3.63) is 47.5 Å². The Hall–Kier alpha value is -2.69. The predicted octanol–water partition coefficient (Wildman–Crippen LogP) is 3.60. The first kappa shape index (κ1) is 17.1. The Bertz CT molecular complexity index is 757. The van der Waals surface area contributed by atoms with Crippen molar-refractivity contribution in [3.63, 3.8) is 0 Å². The molecule has 5 heteroatoms. The summed E-state index contributed by atoms with van der Waals surface area (Å²) in [5.41, 5.74) is 3.28. The molecule has 0 bridgehead atoms. The second-order valence-electron chi connectivity index (χ2n) is 6.04. The lowest BCUT2D eigenvalue weighted by Gasteiger charge is -2.17. The summed E-state index contributed by atoms with van der Waals surface area (Å²) in [5, 5.41) is 2.80. The van der Waals surface area contributed by atoms with Crippen molar-refractivity contribution >= 4 is 11.6 Å². The molecule has 2 aromatic carbocycles. The topological polar surface area (TPSA) is 56.8 Å². The molecule has 0 unspecified atom stereocenters. The van der Waals surface area contributed by atoms with Gasteiger partial charge in [0.15, 0.2) is 6.61 Å². The minimum atomic E-state index is -0.246. The van der Waals surface area contributed by atoms with Crippen LogP contribution in [0.3, 0.4) is 0 Å². The molecule has 0 spiro atoms. The largest absolute Gasteiger partial charge is 0.497 e. The number of nitrogens with one attached hydrogen (secondary N) is 1.